The first-order valence-electron chi connectivity index (χ1n) is 11.9. The Kier molecular flexibility index (Phi) is 6.60. The Bertz CT molecular complexity index is 1120. The van der Waals surface area contributed by atoms with Crippen LogP contribution in [-0.2, 0) is 24.3 Å². The van der Waals surface area contributed by atoms with Gasteiger partial charge in [0.25, 0.3) is 0 Å². The molecule has 1 amide bonds. The van der Waals surface area contributed by atoms with Crippen molar-refractivity contribution in [2.75, 3.05) is 25.6 Å². The fourth-order valence-corrected chi connectivity index (χ4v) is 5.27. The summed E-state index contributed by atoms with van der Waals surface area (Å²) in [5.74, 6) is 1.72. The lowest BCUT2D eigenvalue weighted by molar-refractivity contribution is -0.118. The van der Waals surface area contributed by atoms with Crippen molar-refractivity contribution in [3.63, 3.8) is 0 Å². The number of nitrogens with one attached hydrogen (secondary N) is 1. The van der Waals surface area contributed by atoms with Gasteiger partial charge in [-0.2, -0.15) is 4.98 Å². The van der Waals surface area contributed by atoms with Crippen LogP contribution in [0.15, 0.2) is 53.4 Å². The van der Waals surface area contributed by atoms with Gasteiger partial charge in [-0.05, 0) is 49.1 Å². The normalized spacial score (nSPS) is 20.9. The molecule has 34 heavy (non-hydrogen) atoms. The van der Waals surface area contributed by atoms with Crippen molar-refractivity contribution in [3.8, 4) is 5.75 Å². The molecular formula is C26H31N5O3. The zero-order valence-corrected chi connectivity index (χ0v) is 19.7. The lowest BCUT2D eigenvalue weighted by Gasteiger charge is -2.41. The molecule has 5 rings (SSSR count). The molecule has 0 radical (unpaired) electrons. The molecule has 1 saturated heterocycles. The van der Waals surface area contributed by atoms with E-state index in [0.717, 1.165) is 48.4 Å². The van der Waals surface area contributed by atoms with Gasteiger partial charge < -0.3 is 19.5 Å². The molecule has 3 heterocycles. The number of nitrogens with zero attached hydrogens (tertiary/aromatic N) is 4. The van der Waals surface area contributed by atoms with Crippen molar-refractivity contribution < 1.29 is 14.1 Å². The number of hydrogen-bond donors (Lipinski definition) is 1. The molecule has 8 heteroatoms. The number of aryl methyl sites for hydroxylation is 1. The first kappa shape index (κ1) is 22.6. The minimum absolute atomic E-state index is 0.158. The Balaban J connectivity index is 1.40. The number of hydrogen-bond acceptors (Lipinski definition) is 7. The molecule has 2 aliphatic rings. The molecular weight excluding hydrogens is 430 g/mol. The van der Waals surface area contributed by atoms with Crippen molar-refractivity contribution in [1.82, 2.24) is 20.4 Å². The third-order valence-corrected chi connectivity index (χ3v) is 7.01. The molecule has 0 spiro atoms. The van der Waals surface area contributed by atoms with Crippen LogP contribution >= 0.6 is 0 Å². The zero-order valence-electron chi connectivity index (χ0n) is 19.7. The number of carbonyl (C=O) groups is 1. The fourth-order valence-electron chi connectivity index (χ4n) is 5.27. The maximum absolute atomic E-state index is 12.3. The molecule has 1 fully saturated rings. The monoisotopic (exact) mass is 461 g/mol. The largest absolute Gasteiger partial charge is 0.496 e. The SMILES string of the molecule is COc1cc2c(cc1CN[C@H]1CCCN(Cc3ncon3)[C@H]1c1ccccc1)N(C)C(=O)CC2. The number of piperidine rings is 1. The van der Waals surface area contributed by atoms with E-state index in [1.165, 1.54) is 12.0 Å². The Labute approximate surface area is 199 Å². The summed E-state index contributed by atoms with van der Waals surface area (Å²) in [5, 5.41) is 7.85. The topological polar surface area (TPSA) is 83.7 Å². The van der Waals surface area contributed by atoms with E-state index in [9.17, 15) is 4.79 Å². The molecule has 0 unspecified atom stereocenters. The molecule has 0 saturated carbocycles. The molecule has 2 aliphatic heterocycles. The van der Waals surface area contributed by atoms with Crippen molar-refractivity contribution in [2.24, 2.45) is 0 Å². The lowest BCUT2D eigenvalue weighted by atomic mass is 9.90. The standard InChI is InChI=1S/C26H31N5O3/c1-30-22-13-20(23(33-2)14-19(22)10-11-25(30)32)15-27-21-9-6-12-31(16-24-28-17-34-29-24)26(21)18-7-4-3-5-8-18/h3-5,7-8,13-14,17,21,26-27H,6,9-12,15-16H2,1-2H3/t21-,26-/m0/s1. The van der Waals surface area contributed by atoms with E-state index in [4.69, 9.17) is 9.26 Å². The number of ether oxygens (including phenoxy) is 1. The summed E-state index contributed by atoms with van der Waals surface area (Å²) in [6.45, 7) is 2.27. The van der Waals surface area contributed by atoms with Crippen LogP contribution in [0.1, 0.15) is 47.8 Å². The van der Waals surface area contributed by atoms with Gasteiger partial charge in [0, 0.05) is 37.3 Å². The van der Waals surface area contributed by atoms with Crippen LogP contribution in [0, 0.1) is 0 Å². The van der Waals surface area contributed by atoms with Gasteiger partial charge in [0.1, 0.15) is 5.75 Å². The number of benzene rings is 2. The van der Waals surface area contributed by atoms with Gasteiger partial charge in [-0.1, -0.05) is 35.5 Å². The van der Waals surface area contributed by atoms with Crippen LogP contribution in [0.4, 0.5) is 5.69 Å². The molecule has 2 atom stereocenters. The second kappa shape index (κ2) is 9.95. The van der Waals surface area contributed by atoms with E-state index in [2.05, 4.69) is 56.8 Å². The highest BCUT2D eigenvalue weighted by atomic mass is 16.5. The van der Waals surface area contributed by atoms with Gasteiger partial charge >= 0.3 is 0 Å². The number of carbonyl (C=O) groups excluding carboxylic acids is 1. The molecule has 1 aromatic heterocycles. The molecule has 3 aromatic rings. The molecule has 2 aromatic carbocycles. The van der Waals surface area contributed by atoms with Crippen molar-refractivity contribution in [3.05, 3.63) is 71.4 Å². The van der Waals surface area contributed by atoms with E-state index in [1.54, 1.807) is 12.0 Å². The second-order valence-corrected chi connectivity index (χ2v) is 9.05. The highest BCUT2D eigenvalue weighted by Crippen LogP contribution is 2.35. The fraction of sp³-hybridized carbons (Fsp3) is 0.423. The Morgan fingerprint density at radius 1 is 1.21 bits per heavy atom. The van der Waals surface area contributed by atoms with Gasteiger partial charge in [0.2, 0.25) is 12.3 Å². The number of anilines is 1. The van der Waals surface area contributed by atoms with Gasteiger partial charge in [-0.15, -0.1) is 0 Å². The molecule has 0 aliphatic carbocycles. The number of amides is 1. The summed E-state index contributed by atoms with van der Waals surface area (Å²) in [5.41, 5.74) is 4.47. The van der Waals surface area contributed by atoms with Gasteiger partial charge in [0.15, 0.2) is 5.82 Å². The summed E-state index contributed by atoms with van der Waals surface area (Å²) >= 11 is 0. The summed E-state index contributed by atoms with van der Waals surface area (Å²) in [4.78, 5) is 20.7. The van der Waals surface area contributed by atoms with Crippen molar-refractivity contribution >= 4 is 11.6 Å². The van der Waals surface area contributed by atoms with E-state index >= 15 is 0 Å². The first-order chi connectivity index (χ1) is 16.6. The predicted octanol–water partition coefficient (Wildman–Crippen LogP) is 3.48. The Morgan fingerprint density at radius 2 is 2.06 bits per heavy atom. The number of likely N-dealkylation sites (tertiary alicyclic amines) is 1. The van der Waals surface area contributed by atoms with E-state index in [-0.39, 0.29) is 18.0 Å². The summed E-state index contributed by atoms with van der Waals surface area (Å²) in [6, 6.07) is 15.2. The molecule has 0 bridgehead atoms. The van der Waals surface area contributed by atoms with Crippen LogP contribution in [0.3, 0.4) is 0 Å². The quantitative estimate of drug-likeness (QED) is 0.577. The van der Waals surface area contributed by atoms with Gasteiger partial charge in [-0.25, -0.2) is 0 Å². The number of aromatic nitrogens is 2. The lowest BCUT2D eigenvalue weighted by Crippen LogP contribution is -2.47. The predicted molar refractivity (Wildman–Crippen MR) is 128 cm³/mol. The van der Waals surface area contributed by atoms with Crippen LogP contribution in [0.5, 0.6) is 5.75 Å². The van der Waals surface area contributed by atoms with Gasteiger partial charge in [-0.3, -0.25) is 9.69 Å². The van der Waals surface area contributed by atoms with E-state index in [1.807, 2.05) is 13.1 Å². The Morgan fingerprint density at radius 3 is 2.82 bits per heavy atom. The molecule has 178 valence electrons. The van der Waals surface area contributed by atoms with Crippen LogP contribution in [0.2, 0.25) is 0 Å². The molecule has 1 N–H and O–H groups in total. The summed E-state index contributed by atoms with van der Waals surface area (Å²) in [7, 11) is 3.56. The molecule has 8 nitrogen and oxygen atoms in total. The average Bonchev–Trinajstić information content (AvgIpc) is 3.38. The number of rotatable bonds is 7. The highest BCUT2D eigenvalue weighted by Gasteiger charge is 2.33. The summed E-state index contributed by atoms with van der Waals surface area (Å²) < 4.78 is 10.7. The maximum Gasteiger partial charge on any atom is 0.227 e. The zero-order chi connectivity index (χ0) is 23.5. The van der Waals surface area contributed by atoms with Crippen LogP contribution in [-0.4, -0.2) is 47.7 Å². The number of methoxy groups -OCH3 is 1. The van der Waals surface area contributed by atoms with Gasteiger partial charge in [0.05, 0.1) is 19.7 Å². The summed E-state index contributed by atoms with van der Waals surface area (Å²) in [6.07, 6.45) is 4.83. The smallest absolute Gasteiger partial charge is 0.227 e. The minimum Gasteiger partial charge on any atom is -0.496 e. The number of fused-ring (bicyclic) bond motifs is 1. The van der Waals surface area contributed by atoms with E-state index in [0.29, 0.717) is 25.3 Å². The second-order valence-electron chi connectivity index (χ2n) is 9.05. The third kappa shape index (κ3) is 4.56. The first-order valence-corrected chi connectivity index (χ1v) is 11.9. The van der Waals surface area contributed by atoms with Crippen molar-refractivity contribution in [1.29, 1.82) is 0 Å². The van der Waals surface area contributed by atoms with Crippen LogP contribution in [0.25, 0.3) is 0 Å². The third-order valence-electron chi connectivity index (χ3n) is 7.01. The average molecular weight is 462 g/mol. The van der Waals surface area contributed by atoms with Crippen LogP contribution < -0.4 is 15.0 Å². The highest BCUT2D eigenvalue weighted by molar-refractivity contribution is 5.96. The van der Waals surface area contributed by atoms with Crippen molar-refractivity contribution in [2.45, 2.75) is 50.9 Å². The minimum atomic E-state index is 0.158. The Hall–Kier alpha value is -3.23. The maximum atomic E-state index is 12.3. The van der Waals surface area contributed by atoms with E-state index < -0.39 is 0 Å².